The first-order valence-corrected chi connectivity index (χ1v) is 8.04. The van der Waals surface area contributed by atoms with Crippen LogP contribution in [0.3, 0.4) is 0 Å². The van der Waals surface area contributed by atoms with Gasteiger partial charge in [0.15, 0.2) is 0 Å². The highest BCUT2D eigenvalue weighted by molar-refractivity contribution is 5.68. The lowest BCUT2D eigenvalue weighted by Gasteiger charge is -2.27. The number of amides is 1. The summed E-state index contributed by atoms with van der Waals surface area (Å²) in [5.41, 5.74) is 0.541. The lowest BCUT2D eigenvalue weighted by atomic mass is 10.2. The van der Waals surface area contributed by atoms with Crippen LogP contribution in [-0.4, -0.2) is 40.7 Å². The monoisotopic (exact) mass is 305 g/mol. The molecule has 5 nitrogen and oxygen atoms in total. The van der Waals surface area contributed by atoms with Crippen molar-refractivity contribution in [2.45, 2.75) is 58.2 Å². The highest BCUT2D eigenvalue weighted by Gasteiger charge is 2.23. The Kier molecular flexibility index (Phi) is 5.77. The van der Waals surface area contributed by atoms with E-state index < -0.39 is 5.60 Å². The van der Waals surface area contributed by atoms with Gasteiger partial charge in [0.1, 0.15) is 5.60 Å². The molecule has 0 spiro atoms. The summed E-state index contributed by atoms with van der Waals surface area (Å²) >= 11 is 0. The van der Waals surface area contributed by atoms with Crippen molar-refractivity contribution >= 4 is 6.09 Å². The molecule has 2 rings (SSSR count). The molecule has 0 radical (unpaired) electrons. The summed E-state index contributed by atoms with van der Waals surface area (Å²) in [7, 11) is 0. The summed E-state index contributed by atoms with van der Waals surface area (Å²) in [6.45, 7) is 7.83. The number of carbonyl (C=O) groups is 1. The van der Waals surface area contributed by atoms with Crippen molar-refractivity contribution in [2.75, 3.05) is 13.1 Å². The van der Waals surface area contributed by atoms with Gasteiger partial charge in [-0.05, 0) is 58.2 Å². The van der Waals surface area contributed by atoms with E-state index in [0.717, 1.165) is 18.5 Å². The van der Waals surface area contributed by atoms with Crippen LogP contribution in [0.25, 0.3) is 0 Å². The molecule has 1 heterocycles. The van der Waals surface area contributed by atoms with E-state index in [1.165, 1.54) is 12.8 Å². The zero-order valence-electron chi connectivity index (χ0n) is 13.8. The Balaban J connectivity index is 1.88. The third-order valence-corrected chi connectivity index (χ3v) is 3.36. The second-order valence-electron chi connectivity index (χ2n) is 6.85. The molecule has 1 N–H and O–H groups in total. The first-order valence-electron chi connectivity index (χ1n) is 8.04. The van der Waals surface area contributed by atoms with Crippen LogP contribution in [0.4, 0.5) is 4.79 Å². The maximum atomic E-state index is 12.4. The van der Waals surface area contributed by atoms with E-state index in [9.17, 15) is 4.79 Å². The lowest BCUT2D eigenvalue weighted by Crippen LogP contribution is -2.38. The Hall–Kier alpha value is -1.62. The molecule has 1 aliphatic rings. The molecule has 0 aromatic carbocycles. The second-order valence-corrected chi connectivity index (χ2v) is 6.85. The van der Waals surface area contributed by atoms with Gasteiger partial charge in [0.05, 0.1) is 6.54 Å². The smallest absolute Gasteiger partial charge is 0.410 e. The molecule has 0 bridgehead atoms. The minimum atomic E-state index is -0.476. The highest BCUT2D eigenvalue weighted by atomic mass is 16.6. The molecule has 1 saturated carbocycles. The molecule has 22 heavy (non-hydrogen) atoms. The quantitative estimate of drug-likeness (QED) is 0.787. The fourth-order valence-corrected chi connectivity index (χ4v) is 2.14. The predicted octanol–water partition coefficient (Wildman–Crippen LogP) is 2.96. The number of aromatic nitrogens is 1. The van der Waals surface area contributed by atoms with E-state index in [1.807, 2.05) is 32.9 Å². The molecule has 1 aliphatic carbocycles. The predicted molar refractivity (Wildman–Crippen MR) is 86.5 cm³/mol. The number of nitrogens with zero attached hydrogens (tertiary/aromatic N) is 2. The number of rotatable bonds is 7. The Morgan fingerprint density at radius 3 is 2.82 bits per heavy atom. The molecule has 0 aliphatic heterocycles. The van der Waals surface area contributed by atoms with E-state index in [-0.39, 0.29) is 6.09 Å². The molecule has 5 heteroatoms. The SMILES string of the molecule is CC(C)(C)OC(=O)N(CCCNC1CC1)Cc1cccnc1. The van der Waals surface area contributed by atoms with Crippen molar-refractivity contribution < 1.29 is 9.53 Å². The van der Waals surface area contributed by atoms with Crippen molar-refractivity contribution in [1.29, 1.82) is 0 Å². The maximum absolute atomic E-state index is 12.4. The first kappa shape index (κ1) is 16.7. The molecule has 1 fully saturated rings. The molecule has 0 saturated heterocycles. The first-order chi connectivity index (χ1) is 10.4. The van der Waals surface area contributed by atoms with E-state index in [2.05, 4.69) is 10.3 Å². The summed E-state index contributed by atoms with van der Waals surface area (Å²) in [6.07, 6.45) is 6.76. The minimum Gasteiger partial charge on any atom is -0.444 e. The van der Waals surface area contributed by atoms with E-state index >= 15 is 0 Å². The normalized spacial score (nSPS) is 14.7. The van der Waals surface area contributed by atoms with Crippen LogP contribution in [0.15, 0.2) is 24.5 Å². The van der Waals surface area contributed by atoms with Gasteiger partial charge < -0.3 is 15.0 Å². The van der Waals surface area contributed by atoms with Gasteiger partial charge in [0, 0.05) is 25.0 Å². The van der Waals surface area contributed by atoms with E-state index in [4.69, 9.17) is 4.74 Å². The summed E-state index contributed by atoms with van der Waals surface area (Å²) in [4.78, 5) is 18.2. The number of hydrogen-bond acceptors (Lipinski definition) is 4. The van der Waals surface area contributed by atoms with Crippen molar-refractivity contribution in [2.24, 2.45) is 0 Å². The topological polar surface area (TPSA) is 54.5 Å². The minimum absolute atomic E-state index is 0.261. The van der Waals surface area contributed by atoms with Crippen molar-refractivity contribution in [3.63, 3.8) is 0 Å². The molecular weight excluding hydrogens is 278 g/mol. The molecular formula is C17H27N3O2. The molecule has 1 aromatic rings. The zero-order chi connectivity index (χ0) is 16.0. The van der Waals surface area contributed by atoms with Crippen LogP contribution >= 0.6 is 0 Å². The van der Waals surface area contributed by atoms with Crippen LogP contribution in [0.1, 0.15) is 45.6 Å². The largest absolute Gasteiger partial charge is 0.444 e. The Labute approximate surface area is 133 Å². The fourth-order valence-electron chi connectivity index (χ4n) is 2.14. The van der Waals surface area contributed by atoms with Gasteiger partial charge in [-0.15, -0.1) is 0 Å². The second kappa shape index (κ2) is 7.58. The van der Waals surface area contributed by atoms with Gasteiger partial charge >= 0.3 is 6.09 Å². The highest BCUT2D eigenvalue weighted by Crippen LogP contribution is 2.18. The molecule has 122 valence electrons. The van der Waals surface area contributed by atoms with Gasteiger partial charge in [0.25, 0.3) is 0 Å². The van der Waals surface area contributed by atoms with Crippen LogP contribution in [0.5, 0.6) is 0 Å². The summed E-state index contributed by atoms with van der Waals surface area (Å²) < 4.78 is 5.51. The lowest BCUT2D eigenvalue weighted by molar-refractivity contribution is 0.0231. The average molecular weight is 305 g/mol. The third-order valence-electron chi connectivity index (χ3n) is 3.36. The van der Waals surface area contributed by atoms with Gasteiger partial charge in [-0.1, -0.05) is 6.07 Å². The Morgan fingerprint density at radius 2 is 2.23 bits per heavy atom. The van der Waals surface area contributed by atoms with Crippen LogP contribution < -0.4 is 5.32 Å². The van der Waals surface area contributed by atoms with E-state index in [1.54, 1.807) is 17.3 Å². The third kappa shape index (κ3) is 6.43. The number of nitrogens with one attached hydrogen (secondary N) is 1. The summed E-state index contributed by atoms with van der Waals surface area (Å²) in [5.74, 6) is 0. The Bertz CT molecular complexity index is 467. The van der Waals surface area contributed by atoms with Crippen LogP contribution in [-0.2, 0) is 11.3 Å². The zero-order valence-corrected chi connectivity index (χ0v) is 13.8. The molecule has 0 unspecified atom stereocenters. The van der Waals surface area contributed by atoms with Gasteiger partial charge in [-0.25, -0.2) is 4.79 Å². The Morgan fingerprint density at radius 1 is 1.45 bits per heavy atom. The number of ether oxygens (including phenoxy) is 1. The number of pyridine rings is 1. The van der Waals surface area contributed by atoms with E-state index in [0.29, 0.717) is 19.1 Å². The van der Waals surface area contributed by atoms with Gasteiger partial charge in [-0.2, -0.15) is 0 Å². The summed E-state index contributed by atoms with van der Waals surface area (Å²) in [5, 5.41) is 3.47. The standard InChI is InChI=1S/C17H27N3O2/c1-17(2,3)22-16(21)20(11-5-10-19-15-7-8-15)13-14-6-4-9-18-12-14/h4,6,9,12,15,19H,5,7-8,10-11,13H2,1-3H3. The fraction of sp³-hybridized carbons (Fsp3) is 0.647. The molecule has 0 atom stereocenters. The molecule has 1 amide bonds. The van der Waals surface area contributed by atoms with Gasteiger partial charge in [-0.3, -0.25) is 4.98 Å². The van der Waals surface area contributed by atoms with Crippen molar-refractivity contribution in [3.05, 3.63) is 30.1 Å². The summed E-state index contributed by atoms with van der Waals surface area (Å²) in [6, 6.07) is 4.57. The van der Waals surface area contributed by atoms with Crippen LogP contribution in [0, 0.1) is 0 Å². The average Bonchev–Trinajstić information content (AvgIpc) is 3.25. The molecule has 1 aromatic heterocycles. The van der Waals surface area contributed by atoms with Gasteiger partial charge in [0.2, 0.25) is 0 Å². The van der Waals surface area contributed by atoms with Crippen molar-refractivity contribution in [1.82, 2.24) is 15.2 Å². The number of hydrogen-bond donors (Lipinski definition) is 1. The maximum Gasteiger partial charge on any atom is 0.410 e. The number of carbonyl (C=O) groups excluding carboxylic acids is 1. The van der Waals surface area contributed by atoms with Crippen molar-refractivity contribution in [3.8, 4) is 0 Å². The van der Waals surface area contributed by atoms with Crippen LogP contribution in [0.2, 0.25) is 0 Å².